The van der Waals surface area contributed by atoms with Crippen molar-refractivity contribution in [2.45, 2.75) is 154 Å². The van der Waals surface area contributed by atoms with Gasteiger partial charge in [-0.1, -0.05) is 115 Å². The van der Waals surface area contributed by atoms with Crippen LogP contribution in [0, 0.1) is 41.5 Å². The lowest BCUT2D eigenvalue weighted by Gasteiger charge is -2.30. The molecular formula is C48H64O2S2. The number of phenols is 2. The number of aryl methyl sites for hydroxylation is 6. The molecule has 0 radical (unpaired) electrons. The quantitative estimate of drug-likeness (QED) is 0.189. The fourth-order valence-corrected chi connectivity index (χ4v) is 11.3. The molecule has 2 unspecified atom stereocenters. The smallest absolute Gasteiger partial charge is 0.127 e. The number of hydrogen-bond donors (Lipinski definition) is 2. The summed E-state index contributed by atoms with van der Waals surface area (Å²) < 4.78 is 0. The normalized spacial score (nSPS) is 17.2. The first-order valence-corrected chi connectivity index (χ1v) is 21.6. The van der Waals surface area contributed by atoms with Crippen LogP contribution in [0.1, 0.15) is 136 Å². The standard InChI is InChI=1S/C48H64O2S2/c1-29-19-31(3)43(32(4)20-29)39-25-37(47(7,8)9)23-35(45(39)49)27-51-41-17-15-13-14-16-18-42(41)52-28-36-24-38(48(10,11)12)26-40(46(36)50)44-33(5)21-30(2)22-34(44)6/h19-26,41-42,49-50H,13-18,27-28H2,1-12H3. The van der Waals surface area contributed by atoms with Crippen molar-refractivity contribution in [2.24, 2.45) is 0 Å². The van der Waals surface area contributed by atoms with Gasteiger partial charge < -0.3 is 10.2 Å². The summed E-state index contributed by atoms with van der Waals surface area (Å²) in [6.07, 6.45) is 7.45. The van der Waals surface area contributed by atoms with E-state index in [1.165, 1.54) is 83.0 Å². The van der Waals surface area contributed by atoms with Crippen molar-refractivity contribution in [3.63, 3.8) is 0 Å². The first-order chi connectivity index (χ1) is 24.3. The molecule has 4 aromatic rings. The van der Waals surface area contributed by atoms with Gasteiger partial charge in [-0.2, -0.15) is 23.5 Å². The largest absolute Gasteiger partial charge is 0.507 e. The highest BCUT2D eigenvalue weighted by atomic mass is 32.2. The maximum atomic E-state index is 11.9. The maximum absolute atomic E-state index is 11.9. The molecule has 52 heavy (non-hydrogen) atoms. The first-order valence-electron chi connectivity index (χ1n) is 19.5. The van der Waals surface area contributed by atoms with Crippen LogP contribution >= 0.6 is 23.5 Å². The Hall–Kier alpha value is -2.82. The third-order valence-corrected chi connectivity index (χ3v) is 14.2. The Morgan fingerprint density at radius 1 is 0.500 bits per heavy atom. The van der Waals surface area contributed by atoms with E-state index < -0.39 is 0 Å². The molecule has 4 aromatic carbocycles. The molecule has 0 saturated heterocycles. The molecule has 2 atom stereocenters. The Balaban J connectivity index is 1.47. The van der Waals surface area contributed by atoms with Gasteiger partial charge in [0.2, 0.25) is 0 Å². The van der Waals surface area contributed by atoms with Gasteiger partial charge in [-0.15, -0.1) is 0 Å². The molecule has 1 saturated carbocycles. The van der Waals surface area contributed by atoms with Crippen LogP contribution in [0.3, 0.4) is 0 Å². The minimum Gasteiger partial charge on any atom is -0.507 e. The van der Waals surface area contributed by atoms with Crippen LogP contribution < -0.4 is 0 Å². The molecule has 0 spiro atoms. The van der Waals surface area contributed by atoms with Crippen LogP contribution in [0.4, 0.5) is 0 Å². The van der Waals surface area contributed by atoms with Gasteiger partial charge in [0.15, 0.2) is 0 Å². The Bertz CT molecular complexity index is 1720. The molecule has 0 heterocycles. The minimum absolute atomic E-state index is 0.0366. The third kappa shape index (κ3) is 9.27. The molecular weight excluding hydrogens is 673 g/mol. The SMILES string of the molecule is Cc1cc(C)c(-c2cc(C(C)(C)C)cc(CSC3CCCCCCC3SCc3cc(C(C)(C)C)cc(-c4c(C)cc(C)cc4C)c3O)c2O)c(C)c1. The van der Waals surface area contributed by atoms with Gasteiger partial charge in [-0.25, -0.2) is 0 Å². The molecule has 0 amide bonds. The lowest BCUT2D eigenvalue weighted by atomic mass is 9.82. The molecule has 1 aliphatic carbocycles. The minimum atomic E-state index is -0.0366. The molecule has 280 valence electrons. The van der Waals surface area contributed by atoms with Crippen molar-refractivity contribution in [3.05, 3.63) is 104 Å². The molecule has 1 fully saturated rings. The average molecular weight is 737 g/mol. The zero-order valence-electron chi connectivity index (χ0n) is 34.1. The molecule has 1 aliphatic rings. The summed E-state index contributed by atoms with van der Waals surface area (Å²) in [5, 5.41) is 24.8. The highest BCUT2D eigenvalue weighted by Crippen LogP contribution is 2.46. The second-order valence-electron chi connectivity index (χ2n) is 17.8. The van der Waals surface area contributed by atoms with Crippen LogP contribution in [0.2, 0.25) is 0 Å². The van der Waals surface area contributed by atoms with Gasteiger partial charge in [0.05, 0.1) is 0 Å². The van der Waals surface area contributed by atoms with E-state index in [4.69, 9.17) is 0 Å². The fraction of sp³-hybridized carbons (Fsp3) is 0.500. The number of benzene rings is 4. The Morgan fingerprint density at radius 2 is 0.827 bits per heavy atom. The summed E-state index contributed by atoms with van der Waals surface area (Å²) in [5.74, 6) is 2.44. The highest BCUT2D eigenvalue weighted by molar-refractivity contribution is 8.03. The van der Waals surface area contributed by atoms with E-state index in [0.717, 1.165) is 44.9 Å². The number of aromatic hydroxyl groups is 2. The molecule has 0 bridgehead atoms. The predicted octanol–water partition coefficient (Wildman–Crippen LogP) is 14.1. The van der Waals surface area contributed by atoms with E-state index in [9.17, 15) is 10.2 Å². The monoisotopic (exact) mass is 736 g/mol. The van der Waals surface area contributed by atoms with Crippen molar-refractivity contribution < 1.29 is 10.2 Å². The van der Waals surface area contributed by atoms with Crippen molar-refractivity contribution >= 4 is 23.5 Å². The van der Waals surface area contributed by atoms with Crippen LogP contribution in [0.5, 0.6) is 11.5 Å². The number of hydrogen-bond acceptors (Lipinski definition) is 4. The molecule has 2 N–H and O–H groups in total. The third-order valence-electron chi connectivity index (χ3n) is 11.1. The lowest BCUT2D eigenvalue weighted by Crippen LogP contribution is -2.22. The van der Waals surface area contributed by atoms with E-state index >= 15 is 0 Å². The van der Waals surface area contributed by atoms with Crippen molar-refractivity contribution in [2.75, 3.05) is 0 Å². The first kappa shape index (κ1) is 40.4. The van der Waals surface area contributed by atoms with Gasteiger partial charge in [0.1, 0.15) is 11.5 Å². The number of thioether (sulfide) groups is 2. The summed E-state index contributed by atoms with van der Waals surface area (Å²) in [5.41, 5.74) is 16.1. The highest BCUT2D eigenvalue weighted by Gasteiger charge is 2.28. The summed E-state index contributed by atoms with van der Waals surface area (Å²) in [4.78, 5) is 0. The van der Waals surface area contributed by atoms with Crippen LogP contribution in [-0.2, 0) is 22.3 Å². The molecule has 0 aliphatic heterocycles. The summed E-state index contributed by atoms with van der Waals surface area (Å²) in [6.45, 7) is 26.6. The van der Waals surface area contributed by atoms with Crippen molar-refractivity contribution in [1.82, 2.24) is 0 Å². The Labute approximate surface area is 324 Å². The van der Waals surface area contributed by atoms with Gasteiger partial charge in [0, 0.05) is 44.3 Å². The van der Waals surface area contributed by atoms with Gasteiger partial charge in [-0.05, 0) is 122 Å². The van der Waals surface area contributed by atoms with E-state index in [1.54, 1.807) is 0 Å². The second kappa shape index (κ2) is 16.3. The van der Waals surface area contributed by atoms with Crippen molar-refractivity contribution in [3.8, 4) is 33.8 Å². The molecule has 2 nitrogen and oxygen atoms in total. The zero-order chi connectivity index (χ0) is 38.1. The van der Waals surface area contributed by atoms with Crippen LogP contribution in [0.15, 0.2) is 48.5 Å². The second-order valence-corrected chi connectivity index (χ2v) is 20.3. The Kier molecular flexibility index (Phi) is 12.6. The zero-order valence-corrected chi connectivity index (χ0v) is 35.8. The Morgan fingerprint density at radius 3 is 1.13 bits per heavy atom. The number of rotatable bonds is 8. The average Bonchev–Trinajstić information content (AvgIpc) is 3.01. The van der Waals surface area contributed by atoms with E-state index in [2.05, 4.69) is 132 Å². The lowest BCUT2D eigenvalue weighted by molar-refractivity contribution is 0.470. The molecule has 4 heteroatoms. The van der Waals surface area contributed by atoms with Crippen LogP contribution in [-0.4, -0.2) is 20.7 Å². The maximum Gasteiger partial charge on any atom is 0.127 e. The summed E-state index contributed by atoms with van der Waals surface area (Å²) >= 11 is 4.08. The molecule has 5 rings (SSSR count). The topological polar surface area (TPSA) is 40.5 Å². The van der Waals surface area contributed by atoms with E-state index in [0.29, 0.717) is 22.0 Å². The van der Waals surface area contributed by atoms with Gasteiger partial charge in [-0.3, -0.25) is 0 Å². The van der Waals surface area contributed by atoms with Crippen LogP contribution in [0.25, 0.3) is 22.3 Å². The number of phenolic OH excluding ortho intramolecular Hbond substituents is 2. The fourth-order valence-electron chi connectivity index (χ4n) is 8.26. The van der Waals surface area contributed by atoms with Gasteiger partial charge in [0.25, 0.3) is 0 Å². The van der Waals surface area contributed by atoms with E-state index in [1.807, 2.05) is 23.5 Å². The predicted molar refractivity (Wildman–Crippen MR) is 231 cm³/mol. The summed E-state index contributed by atoms with van der Waals surface area (Å²) in [6, 6.07) is 17.9. The van der Waals surface area contributed by atoms with Crippen molar-refractivity contribution in [1.29, 1.82) is 0 Å². The van der Waals surface area contributed by atoms with E-state index in [-0.39, 0.29) is 10.8 Å². The molecule has 0 aromatic heterocycles. The van der Waals surface area contributed by atoms with Gasteiger partial charge >= 0.3 is 0 Å². The summed E-state index contributed by atoms with van der Waals surface area (Å²) in [7, 11) is 0.